The van der Waals surface area contributed by atoms with E-state index in [9.17, 15) is 4.79 Å². The summed E-state index contributed by atoms with van der Waals surface area (Å²) in [4.78, 5) is 11.4. The lowest BCUT2D eigenvalue weighted by atomic mass is 9.72. The molecule has 66 valence electrons. The molecular formula is C9H13NO2. The van der Waals surface area contributed by atoms with E-state index in [4.69, 9.17) is 4.74 Å². The average molecular weight is 167 g/mol. The van der Waals surface area contributed by atoms with E-state index in [-0.39, 0.29) is 29.4 Å². The maximum Gasteiger partial charge on any atom is 0.226 e. The molecule has 0 aromatic carbocycles. The number of nitrogens with one attached hydrogen (secondary N) is 1. The maximum absolute atomic E-state index is 11.4. The summed E-state index contributed by atoms with van der Waals surface area (Å²) < 4.78 is 5.76. The van der Waals surface area contributed by atoms with E-state index in [1.54, 1.807) is 0 Å². The SMILES string of the molecule is CC1(C)C2CC3C(=O)NC1C3O2. The molecule has 3 rings (SSSR count). The van der Waals surface area contributed by atoms with Crippen LogP contribution in [0.25, 0.3) is 0 Å². The van der Waals surface area contributed by atoms with E-state index in [1.807, 2.05) is 0 Å². The molecule has 3 nitrogen and oxygen atoms in total. The van der Waals surface area contributed by atoms with Crippen molar-refractivity contribution in [2.24, 2.45) is 11.3 Å². The van der Waals surface area contributed by atoms with E-state index in [1.165, 1.54) is 0 Å². The second-order valence-electron chi connectivity index (χ2n) is 4.74. The van der Waals surface area contributed by atoms with Crippen molar-refractivity contribution in [3.8, 4) is 0 Å². The summed E-state index contributed by atoms with van der Waals surface area (Å²) in [7, 11) is 0. The van der Waals surface area contributed by atoms with Gasteiger partial charge in [-0.2, -0.15) is 0 Å². The van der Waals surface area contributed by atoms with Gasteiger partial charge >= 0.3 is 0 Å². The zero-order valence-corrected chi connectivity index (χ0v) is 7.33. The minimum absolute atomic E-state index is 0.146. The van der Waals surface area contributed by atoms with Crippen LogP contribution in [0.15, 0.2) is 0 Å². The Bertz CT molecular complexity index is 261. The molecule has 0 saturated carbocycles. The number of fused-ring (bicyclic) bond motifs is 1. The zero-order valence-electron chi connectivity index (χ0n) is 7.33. The number of hydrogen-bond acceptors (Lipinski definition) is 2. The fourth-order valence-electron chi connectivity index (χ4n) is 2.90. The summed E-state index contributed by atoms with van der Waals surface area (Å²) in [5.74, 6) is 0.367. The van der Waals surface area contributed by atoms with Crippen molar-refractivity contribution >= 4 is 5.91 Å². The number of carbonyl (C=O) groups excluding carboxylic acids is 1. The molecule has 3 aliphatic rings. The Kier molecular flexibility index (Phi) is 0.971. The Balaban J connectivity index is 2.07. The fourth-order valence-corrected chi connectivity index (χ4v) is 2.90. The Morgan fingerprint density at radius 3 is 2.92 bits per heavy atom. The summed E-state index contributed by atoms with van der Waals surface area (Å²) >= 11 is 0. The van der Waals surface area contributed by atoms with Gasteiger partial charge in [-0.15, -0.1) is 0 Å². The molecule has 0 aromatic heterocycles. The van der Waals surface area contributed by atoms with Crippen LogP contribution in [0, 0.1) is 11.3 Å². The van der Waals surface area contributed by atoms with Gasteiger partial charge in [0.1, 0.15) is 0 Å². The van der Waals surface area contributed by atoms with Gasteiger partial charge in [0.05, 0.1) is 24.2 Å². The molecule has 3 aliphatic heterocycles. The first-order valence-electron chi connectivity index (χ1n) is 4.56. The van der Waals surface area contributed by atoms with Crippen molar-refractivity contribution in [2.45, 2.75) is 38.5 Å². The fraction of sp³-hybridized carbons (Fsp3) is 0.889. The number of amides is 1. The summed E-state index contributed by atoms with van der Waals surface area (Å²) in [6.45, 7) is 4.37. The van der Waals surface area contributed by atoms with Gasteiger partial charge in [-0.3, -0.25) is 4.79 Å². The summed E-state index contributed by atoms with van der Waals surface area (Å²) in [5, 5.41) is 3.03. The maximum atomic E-state index is 11.4. The lowest BCUT2D eigenvalue weighted by Gasteiger charge is -2.30. The van der Waals surface area contributed by atoms with Crippen molar-refractivity contribution < 1.29 is 9.53 Å². The topological polar surface area (TPSA) is 38.3 Å². The van der Waals surface area contributed by atoms with Crippen LogP contribution in [0.3, 0.4) is 0 Å². The molecule has 1 N–H and O–H groups in total. The van der Waals surface area contributed by atoms with Crippen molar-refractivity contribution in [3.05, 3.63) is 0 Å². The third-order valence-corrected chi connectivity index (χ3v) is 3.78. The molecule has 0 radical (unpaired) electrons. The third-order valence-electron chi connectivity index (χ3n) is 3.78. The highest BCUT2D eigenvalue weighted by Gasteiger charge is 2.64. The van der Waals surface area contributed by atoms with Gasteiger partial charge in [0.25, 0.3) is 0 Å². The molecule has 3 heteroatoms. The van der Waals surface area contributed by atoms with E-state index in [2.05, 4.69) is 19.2 Å². The lowest BCUT2D eigenvalue weighted by molar-refractivity contribution is -0.122. The van der Waals surface area contributed by atoms with Crippen LogP contribution in [0.1, 0.15) is 20.3 Å². The molecule has 0 aliphatic carbocycles. The van der Waals surface area contributed by atoms with Crippen LogP contribution < -0.4 is 5.32 Å². The first-order chi connectivity index (χ1) is 5.60. The third kappa shape index (κ3) is 0.534. The largest absolute Gasteiger partial charge is 0.371 e. The van der Waals surface area contributed by atoms with Crippen LogP contribution in [-0.2, 0) is 9.53 Å². The highest BCUT2D eigenvalue weighted by Crippen LogP contribution is 2.52. The number of rotatable bonds is 0. The van der Waals surface area contributed by atoms with Crippen LogP contribution in [0.2, 0.25) is 0 Å². The number of ether oxygens (including phenoxy) is 1. The first-order valence-corrected chi connectivity index (χ1v) is 4.56. The van der Waals surface area contributed by atoms with Gasteiger partial charge in [-0.25, -0.2) is 0 Å². The molecule has 0 spiro atoms. The molecule has 2 bridgehead atoms. The van der Waals surface area contributed by atoms with Crippen LogP contribution in [0.5, 0.6) is 0 Å². The molecule has 1 amide bonds. The minimum atomic E-state index is 0.146. The van der Waals surface area contributed by atoms with Crippen molar-refractivity contribution in [3.63, 3.8) is 0 Å². The predicted molar refractivity (Wildman–Crippen MR) is 42.5 cm³/mol. The minimum Gasteiger partial charge on any atom is -0.371 e. The van der Waals surface area contributed by atoms with Gasteiger partial charge in [0.15, 0.2) is 0 Å². The lowest BCUT2D eigenvalue weighted by Crippen LogP contribution is -2.43. The normalized spacial score (nSPS) is 53.0. The zero-order chi connectivity index (χ0) is 8.51. The summed E-state index contributed by atoms with van der Waals surface area (Å²) in [6.07, 6.45) is 1.41. The summed E-state index contributed by atoms with van der Waals surface area (Å²) in [5.41, 5.74) is 0.146. The van der Waals surface area contributed by atoms with E-state index < -0.39 is 0 Å². The molecule has 4 atom stereocenters. The summed E-state index contributed by atoms with van der Waals surface area (Å²) in [6, 6.07) is 0.272. The van der Waals surface area contributed by atoms with Gasteiger partial charge < -0.3 is 10.1 Å². The Hall–Kier alpha value is -0.570. The smallest absolute Gasteiger partial charge is 0.226 e. The van der Waals surface area contributed by atoms with Crippen LogP contribution in [-0.4, -0.2) is 24.2 Å². The Morgan fingerprint density at radius 2 is 2.33 bits per heavy atom. The van der Waals surface area contributed by atoms with Gasteiger partial charge in [0.2, 0.25) is 5.91 Å². The standard InChI is InChI=1S/C9H13NO2/c1-9(2)5-3-4-6(12-5)7(9)10-8(4)11/h4-7H,3H2,1-2H3,(H,10,11). The average Bonchev–Trinajstić information content (AvgIpc) is 2.53. The number of hydrogen-bond donors (Lipinski definition) is 1. The molecule has 0 aromatic rings. The molecule has 3 saturated heterocycles. The highest BCUT2D eigenvalue weighted by molar-refractivity contribution is 5.83. The van der Waals surface area contributed by atoms with Crippen molar-refractivity contribution in [2.75, 3.05) is 0 Å². The van der Waals surface area contributed by atoms with E-state index in [0.717, 1.165) is 6.42 Å². The highest BCUT2D eigenvalue weighted by atomic mass is 16.5. The van der Waals surface area contributed by atoms with Gasteiger partial charge in [0, 0.05) is 5.41 Å². The van der Waals surface area contributed by atoms with Crippen LogP contribution >= 0.6 is 0 Å². The van der Waals surface area contributed by atoms with E-state index >= 15 is 0 Å². The van der Waals surface area contributed by atoms with Crippen molar-refractivity contribution in [1.29, 1.82) is 0 Å². The van der Waals surface area contributed by atoms with Gasteiger partial charge in [-0.1, -0.05) is 13.8 Å². The molecule has 12 heavy (non-hydrogen) atoms. The predicted octanol–water partition coefficient (Wildman–Crippen LogP) is 0.298. The number of carbonyl (C=O) groups is 1. The van der Waals surface area contributed by atoms with E-state index in [0.29, 0.717) is 6.10 Å². The van der Waals surface area contributed by atoms with Gasteiger partial charge in [-0.05, 0) is 6.42 Å². The second-order valence-corrected chi connectivity index (χ2v) is 4.74. The monoisotopic (exact) mass is 167 g/mol. The second kappa shape index (κ2) is 1.69. The van der Waals surface area contributed by atoms with Crippen molar-refractivity contribution in [1.82, 2.24) is 5.32 Å². The Labute approximate surface area is 71.5 Å². The molecular weight excluding hydrogens is 154 g/mol. The Morgan fingerprint density at radius 1 is 1.58 bits per heavy atom. The first kappa shape index (κ1) is 6.89. The molecule has 4 unspecified atom stereocenters. The van der Waals surface area contributed by atoms with Crippen LogP contribution in [0.4, 0.5) is 0 Å². The molecule has 3 heterocycles. The molecule has 3 fully saturated rings. The quantitative estimate of drug-likeness (QED) is 0.563.